The highest BCUT2D eigenvalue weighted by atomic mass is 16.5. The standard InChI is InChI=1S/C23H27N5O2/c1-15-13-26-21-18(6-3-7-19(21)30-2)20(15)27-14-17-5-4-10-25-23(17)28-11-8-16(9-12-28)22(24)29/h3-7,10,13,16H,8-9,11-12,14H2,1-2H3,(H2,24,29)(H,26,27). The van der Waals surface area contributed by atoms with Gasteiger partial charge in [-0.05, 0) is 37.5 Å². The number of para-hydroxylation sites is 1. The maximum atomic E-state index is 11.5. The number of carbonyl (C=O) groups is 1. The van der Waals surface area contributed by atoms with Crippen molar-refractivity contribution in [3.8, 4) is 5.75 Å². The molecule has 0 unspecified atom stereocenters. The van der Waals surface area contributed by atoms with Gasteiger partial charge in [-0.2, -0.15) is 0 Å². The topological polar surface area (TPSA) is 93.4 Å². The van der Waals surface area contributed by atoms with Gasteiger partial charge in [0.25, 0.3) is 0 Å². The molecule has 3 aromatic rings. The summed E-state index contributed by atoms with van der Waals surface area (Å²) in [5.74, 6) is 1.48. The van der Waals surface area contributed by atoms with Gasteiger partial charge in [-0.1, -0.05) is 18.2 Å². The smallest absolute Gasteiger partial charge is 0.220 e. The highest BCUT2D eigenvalue weighted by Gasteiger charge is 2.25. The quantitative estimate of drug-likeness (QED) is 0.654. The summed E-state index contributed by atoms with van der Waals surface area (Å²) in [6.45, 7) is 4.25. The molecule has 1 saturated heterocycles. The second-order valence-corrected chi connectivity index (χ2v) is 7.68. The molecular formula is C23H27N5O2. The van der Waals surface area contributed by atoms with Crippen molar-refractivity contribution < 1.29 is 9.53 Å². The first-order valence-corrected chi connectivity index (χ1v) is 10.2. The van der Waals surface area contributed by atoms with Crippen molar-refractivity contribution in [2.75, 3.05) is 30.4 Å². The number of hydrogen-bond donors (Lipinski definition) is 2. The lowest BCUT2D eigenvalue weighted by Crippen LogP contribution is -2.39. The van der Waals surface area contributed by atoms with E-state index < -0.39 is 0 Å². The van der Waals surface area contributed by atoms with Crippen molar-refractivity contribution >= 4 is 28.3 Å². The Balaban J connectivity index is 1.57. The maximum Gasteiger partial charge on any atom is 0.220 e. The number of nitrogens with two attached hydrogens (primary N) is 1. The Bertz CT molecular complexity index is 1060. The zero-order chi connectivity index (χ0) is 21.1. The first-order valence-electron chi connectivity index (χ1n) is 10.2. The van der Waals surface area contributed by atoms with Gasteiger partial charge in [0.1, 0.15) is 17.1 Å². The Kier molecular flexibility index (Phi) is 5.70. The number of carbonyl (C=O) groups excluding carboxylic acids is 1. The molecule has 1 amide bonds. The molecule has 0 radical (unpaired) electrons. The number of rotatable bonds is 6. The van der Waals surface area contributed by atoms with Crippen LogP contribution in [0.5, 0.6) is 5.75 Å². The molecule has 156 valence electrons. The molecule has 0 spiro atoms. The Morgan fingerprint density at radius 1 is 1.23 bits per heavy atom. The van der Waals surface area contributed by atoms with Gasteiger partial charge in [-0.15, -0.1) is 0 Å². The molecule has 1 aliphatic heterocycles. The largest absolute Gasteiger partial charge is 0.494 e. The third kappa shape index (κ3) is 3.87. The minimum Gasteiger partial charge on any atom is -0.494 e. The predicted molar refractivity (Wildman–Crippen MR) is 119 cm³/mol. The van der Waals surface area contributed by atoms with Crippen LogP contribution in [0.2, 0.25) is 0 Å². The first kappa shape index (κ1) is 19.9. The Hall–Kier alpha value is -3.35. The number of methoxy groups -OCH3 is 1. The molecule has 2 aromatic heterocycles. The average Bonchev–Trinajstić information content (AvgIpc) is 2.78. The molecule has 4 rings (SSSR count). The third-order valence-electron chi connectivity index (χ3n) is 5.79. The Morgan fingerprint density at radius 3 is 2.77 bits per heavy atom. The Morgan fingerprint density at radius 2 is 2.03 bits per heavy atom. The lowest BCUT2D eigenvalue weighted by atomic mass is 9.96. The average molecular weight is 406 g/mol. The van der Waals surface area contributed by atoms with Crippen LogP contribution in [0.3, 0.4) is 0 Å². The number of hydrogen-bond acceptors (Lipinski definition) is 6. The van der Waals surface area contributed by atoms with Crippen molar-refractivity contribution in [1.82, 2.24) is 9.97 Å². The summed E-state index contributed by atoms with van der Waals surface area (Å²) < 4.78 is 5.47. The number of benzene rings is 1. The second kappa shape index (κ2) is 8.57. The molecule has 1 aliphatic rings. The van der Waals surface area contributed by atoms with Crippen molar-refractivity contribution in [3.05, 3.63) is 53.9 Å². The summed E-state index contributed by atoms with van der Waals surface area (Å²) in [6.07, 6.45) is 5.22. The van der Waals surface area contributed by atoms with Gasteiger partial charge in [0.2, 0.25) is 5.91 Å². The number of pyridine rings is 2. The molecule has 0 bridgehead atoms. The number of nitrogens with zero attached hydrogens (tertiary/aromatic N) is 3. The number of anilines is 2. The van der Waals surface area contributed by atoms with E-state index in [2.05, 4.69) is 32.3 Å². The number of aryl methyl sites for hydroxylation is 1. The molecule has 0 atom stereocenters. The fourth-order valence-electron chi connectivity index (χ4n) is 4.11. The first-order chi connectivity index (χ1) is 14.6. The molecule has 0 saturated carbocycles. The molecule has 3 N–H and O–H groups in total. The molecule has 0 aliphatic carbocycles. The van der Waals surface area contributed by atoms with Gasteiger partial charge in [0.15, 0.2) is 0 Å². The van der Waals surface area contributed by atoms with Crippen LogP contribution in [0.4, 0.5) is 11.5 Å². The summed E-state index contributed by atoms with van der Waals surface area (Å²) in [5.41, 5.74) is 9.55. The number of primary amides is 1. The molecule has 7 nitrogen and oxygen atoms in total. The normalized spacial score (nSPS) is 14.7. The summed E-state index contributed by atoms with van der Waals surface area (Å²) in [7, 11) is 1.66. The molecule has 7 heteroatoms. The molecular weight excluding hydrogens is 378 g/mol. The van der Waals surface area contributed by atoms with Crippen LogP contribution in [0.1, 0.15) is 24.0 Å². The maximum absolute atomic E-state index is 11.5. The summed E-state index contributed by atoms with van der Waals surface area (Å²) in [4.78, 5) is 22.9. The van der Waals surface area contributed by atoms with Gasteiger partial charge in [-0.25, -0.2) is 4.98 Å². The highest BCUT2D eigenvalue weighted by molar-refractivity contribution is 5.96. The third-order valence-corrected chi connectivity index (χ3v) is 5.79. The zero-order valence-corrected chi connectivity index (χ0v) is 17.4. The fourth-order valence-corrected chi connectivity index (χ4v) is 4.11. The van der Waals surface area contributed by atoms with E-state index in [0.717, 1.165) is 65.2 Å². The van der Waals surface area contributed by atoms with Crippen molar-refractivity contribution in [3.63, 3.8) is 0 Å². The minimum atomic E-state index is -0.201. The van der Waals surface area contributed by atoms with Crippen LogP contribution in [0, 0.1) is 12.8 Å². The molecule has 3 heterocycles. The summed E-state index contributed by atoms with van der Waals surface area (Å²) >= 11 is 0. The highest BCUT2D eigenvalue weighted by Crippen LogP contribution is 2.32. The van der Waals surface area contributed by atoms with Gasteiger partial charge in [-0.3, -0.25) is 9.78 Å². The fraction of sp³-hybridized carbons (Fsp3) is 0.348. The Labute approximate surface area is 176 Å². The van der Waals surface area contributed by atoms with E-state index >= 15 is 0 Å². The monoisotopic (exact) mass is 405 g/mol. The predicted octanol–water partition coefficient (Wildman–Crippen LogP) is 3.26. The number of nitrogens with one attached hydrogen (secondary N) is 1. The van der Waals surface area contributed by atoms with Crippen LogP contribution in [0.15, 0.2) is 42.7 Å². The van der Waals surface area contributed by atoms with Crippen LogP contribution in [0.25, 0.3) is 10.9 Å². The van der Waals surface area contributed by atoms with Crippen LogP contribution >= 0.6 is 0 Å². The number of ether oxygens (including phenoxy) is 1. The van der Waals surface area contributed by atoms with Crippen molar-refractivity contribution in [1.29, 1.82) is 0 Å². The van der Waals surface area contributed by atoms with Crippen LogP contribution < -0.4 is 20.7 Å². The van der Waals surface area contributed by atoms with E-state index in [1.165, 1.54) is 0 Å². The zero-order valence-electron chi connectivity index (χ0n) is 17.4. The van der Waals surface area contributed by atoms with E-state index in [9.17, 15) is 4.79 Å². The molecule has 1 aromatic carbocycles. The SMILES string of the molecule is COc1cccc2c(NCc3cccnc3N3CCC(C(N)=O)CC3)c(C)cnc12. The van der Waals surface area contributed by atoms with E-state index in [0.29, 0.717) is 6.54 Å². The van der Waals surface area contributed by atoms with E-state index in [1.807, 2.05) is 37.5 Å². The van der Waals surface area contributed by atoms with Crippen LogP contribution in [-0.2, 0) is 11.3 Å². The minimum absolute atomic E-state index is 0.0349. The molecule has 1 fully saturated rings. The van der Waals surface area contributed by atoms with Crippen molar-refractivity contribution in [2.45, 2.75) is 26.3 Å². The number of fused-ring (bicyclic) bond motifs is 1. The van der Waals surface area contributed by atoms with Gasteiger partial charge >= 0.3 is 0 Å². The van der Waals surface area contributed by atoms with Crippen molar-refractivity contribution in [2.24, 2.45) is 11.7 Å². The van der Waals surface area contributed by atoms with Crippen LogP contribution in [-0.4, -0.2) is 36.1 Å². The van der Waals surface area contributed by atoms with E-state index in [4.69, 9.17) is 10.5 Å². The van der Waals surface area contributed by atoms with Gasteiger partial charge < -0.3 is 20.7 Å². The molecule has 30 heavy (non-hydrogen) atoms. The summed E-state index contributed by atoms with van der Waals surface area (Å²) in [5, 5.41) is 4.62. The lowest BCUT2D eigenvalue weighted by molar-refractivity contribution is -0.122. The second-order valence-electron chi connectivity index (χ2n) is 7.68. The summed E-state index contributed by atoms with van der Waals surface area (Å²) in [6, 6.07) is 10.0. The van der Waals surface area contributed by atoms with E-state index in [-0.39, 0.29) is 11.8 Å². The number of aromatic nitrogens is 2. The number of piperidine rings is 1. The van der Waals surface area contributed by atoms with E-state index in [1.54, 1.807) is 7.11 Å². The number of amides is 1. The van der Waals surface area contributed by atoms with Gasteiger partial charge in [0.05, 0.1) is 7.11 Å². The van der Waals surface area contributed by atoms with Gasteiger partial charge in [0, 0.05) is 54.6 Å². The lowest BCUT2D eigenvalue weighted by Gasteiger charge is -2.32.